The molecule has 2 saturated carbocycles. The van der Waals surface area contributed by atoms with Gasteiger partial charge in [0.1, 0.15) is 0 Å². The molecule has 0 aliphatic heterocycles. The first-order valence-corrected chi connectivity index (χ1v) is 8.01. The second-order valence-electron chi connectivity index (χ2n) is 6.41. The summed E-state index contributed by atoms with van der Waals surface area (Å²) in [5.41, 5.74) is 0. The Balaban J connectivity index is 1.80. The van der Waals surface area contributed by atoms with Gasteiger partial charge < -0.3 is 10.1 Å². The third-order valence-corrected chi connectivity index (χ3v) is 5.38. The molecule has 1 N–H and O–H groups in total. The molecule has 0 spiro atoms. The molecule has 4 unspecified atom stereocenters. The Hall–Kier alpha value is -0.0800. The van der Waals surface area contributed by atoms with Crippen LogP contribution in [-0.4, -0.2) is 26.8 Å². The van der Waals surface area contributed by atoms with E-state index in [2.05, 4.69) is 12.4 Å². The van der Waals surface area contributed by atoms with Gasteiger partial charge in [0, 0.05) is 19.8 Å². The number of fused-ring (bicyclic) bond motifs is 1. The van der Waals surface area contributed by atoms with Gasteiger partial charge in [0.25, 0.3) is 0 Å². The van der Waals surface area contributed by atoms with Crippen LogP contribution in [-0.2, 0) is 4.74 Å². The van der Waals surface area contributed by atoms with Crippen molar-refractivity contribution < 1.29 is 4.74 Å². The minimum atomic E-state index is 0.725. The van der Waals surface area contributed by atoms with E-state index in [0.717, 1.165) is 30.4 Å². The van der Waals surface area contributed by atoms with E-state index >= 15 is 0 Å². The fourth-order valence-electron chi connectivity index (χ4n) is 4.34. The molecule has 0 amide bonds. The first kappa shape index (κ1) is 14.3. The molecule has 2 aliphatic carbocycles. The summed E-state index contributed by atoms with van der Waals surface area (Å²) in [6, 6.07) is 0.725. The average Bonchev–Trinajstić information content (AvgIpc) is 2.43. The Labute approximate surface area is 113 Å². The van der Waals surface area contributed by atoms with Crippen LogP contribution < -0.4 is 5.32 Å². The van der Waals surface area contributed by atoms with Gasteiger partial charge in [-0.15, -0.1) is 0 Å². The molecule has 2 rings (SSSR count). The third kappa shape index (κ3) is 3.71. The third-order valence-electron chi connectivity index (χ3n) is 5.38. The molecule has 0 aromatic carbocycles. The molecule has 106 valence electrons. The zero-order chi connectivity index (χ0) is 12.8. The lowest BCUT2D eigenvalue weighted by Crippen LogP contribution is -2.39. The Morgan fingerprint density at radius 1 is 1.11 bits per heavy atom. The molecule has 4 atom stereocenters. The fraction of sp³-hybridized carbons (Fsp3) is 1.00. The van der Waals surface area contributed by atoms with Gasteiger partial charge in [-0.25, -0.2) is 0 Å². The van der Waals surface area contributed by atoms with Crippen molar-refractivity contribution >= 4 is 0 Å². The Bertz CT molecular complexity index is 231. The maximum atomic E-state index is 5.18. The molecular weight excluding hydrogens is 222 g/mol. The Morgan fingerprint density at radius 2 is 1.89 bits per heavy atom. The van der Waals surface area contributed by atoms with Crippen molar-refractivity contribution in [2.75, 3.05) is 20.8 Å². The second kappa shape index (κ2) is 7.49. The number of methoxy groups -OCH3 is 1. The standard InChI is InChI=1S/C16H31NO/c1-17-16(8-5-11-18-2)15-10-9-13-6-3-4-7-14(13)12-15/h13-17H,3-12H2,1-2H3. The summed E-state index contributed by atoms with van der Waals surface area (Å²) < 4.78 is 5.18. The number of ether oxygens (including phenoxy) is 1. The van der Waals surface area contributed by atoms with Gasteiger partial charge in [-0.3, -0.25) is 0 Å². The summed E-state index contributed by atoms with van der Waals surface area (Å²) in [7, 11) is 3.95. The van der Waals surface area contributed by atoms with Gasteiger partial charge in [-0.1, -0.05) is 25.7 Å². The lowest BCUT2D eigenvalue weighted by molar-refractivity contribution is 0.105. The molecule has 0 aromatic rings. The fourth-order valence-corrected chi connectivity index (χ4v) is 4.34. The smallest absolute Gasteiger partial charge is 0.0462 e. The van der Waals surface area contributed by atoms with Crippen molar-refractivity contribution in [2.24, 2.45) is 17.8 Å². The van der Waals surface area contributed by atoms with Crippen LogP contribution in [0.1, 0.15) is 57.8 Å². The first-order chi connectivity index (χ1) is 8.85. The number of nitrogens with one attached hydrogen (secondary N) is 1. The maximum Gasteiger partial charge on any atom is 0.0462 e. The van der Waals surface area contributed by atoms with Crippen molar-refractivity contribution in [2.45, 2.75) is 63.8 Å². The maximum absolute atomic E-state index is 5.18. The van der Waals surface area contributed by atoms with Gasteiger partial charge in [-0.05, 0) is 56.9 Å². The van der Waals surface area contributed by atoms with Gasteiger partial charge in [0.15, 0.2) is 0 Å². The largest absolute Gasteiger partial charge is 0.385 e. The second-order valence-corrected chi connectivity index (χ2v) is 6.41. The number of hydrogen-bond acceptors (Lipinski definition) is 2. The van der Waals surface area contributed by atoms with Gasteiger partial charge in [-0.2, -0.15) is 0 Å². The summed E-state index contributed by atoms with van der Waals surface area (Å²) in [5, 5.41) is 3.57. The zero-order valence-corrected chi connectivity index (χ0v) is 12.3. The Kier molecular flexibility index (Phi) is 5.97. The van der Waals surface area contributed by atoms with Gasteiger partial charge in [0.05, 0.1) is 0 Å². The minimum Gasteiger partial charge on any atom is -0.385 e. The van der Waals surface area contributed by atoms with Crippen molar-refractivity contribution in [3.63, 3.8) is 0 Å². The molecule has 0 radical (unpaired) electrons. The topological polar surface area (TPSA) is 21.3 Å². The molecule has 0 saturated heterocycles. The highest BCUT2D eigenvalue weighted by Gasteiger charge is 2.34. The molecular formula is C16H31NO. The summed E-state index contributed by atoms with van der Waals surface area (Å²) >= 11 is 0. The lowest BCUT2D eigenvalue weighted by atomic mass is 9.66. The van der Waals surface area contributed by atoms with Crippen LogP contribution in [0, 0.1) is 17.8 Å². The summed E-state index contributed by atoms with van der Waals surface area (Å²) in [6.45, 7) is 0.914. The van der Waals surface area contributed by atoms with Crippen LogP contribution in [0.4, 0.5) is 0 Å². The first-order valence-electron chi connectivity index (χ1n) is 8.01. The van der Waals surface area contributed by atoms with Gasteiger partial charge >= 0.3 is 0 Å². The highest BCUT2D eigenvalue weighted by Crippen LogP contribution is 2.43. The minimum absolute atomic E-state index is 0.725. The highest BCUT2D eigenvalue weighted by molar-refractivity contribution is 4.87. The summed E-state index contributed by atoms with van der Waals surface area (Å²) in [5.74, 6) is 3.05. The van der Waals surface area contributed by atoms with E-state index in [1.165, 1.54) is 57.8 Å². The summed E-state index contributed by atoms with van der Waals surface area (Å²) in [6.07, 6.45) is 12.9. The van der Waals surface area contributed by atoms with E-state index in [1.54, 1.807) is 0 Å². The number of rotatable bonds is 6. The lowest BCUT2D eigenvalue weighted by Gasteiger charge is -2.42. The molecule has 18 heavy (non-hydrogen) atoms. The molecule has 0 heterocycles. The van der Waals surface area contributed by atoms with Crippen molar-refractivity contribution in [3.8, 4) is 0 Å². The van der Waals surface area contributed by atoms with Crippen LogP contribution in [0.15, 0.2) is 0 Å². The van der Waals surface area contributed by atoms with Gasteiger partial charge in [0.2, 0.25) is 0 Å². The summed E-state index contributed by atoms with van der Waals surface area (Å²) in [4.78, 5) is 0. The van der Waals surface area contributed by atoms with Crippen LogP contribution in [0.25, 0.3) is 0 Å². The molecule has 2 fully saturated rings. The normalized spacial score (nSPS) is 34.0. The van der Waals surface area contributed by atoms with Crippen molar-refractivity contribution in [3.05, 3.63) is 0 Å². The van der Waals surface area contributed by atoms with E-state index in [4.69, 9.17) is 4.74 Å². The predicted octanol–water partition coefficient (Wildman–Crippen LogP) is 3.61. The van der Waals surface area contributed by atoms with E-state index < -0.39 is 0 Å². The van der Waals surface area contributed by atoms with E-state index in [-0.39, 0.29) is 0 Å². The van der Waals surface area contributed by atoms with Crippen LogP contribution >= 0.6 is 0 Å². The van der Waals surface area contributed by atoms with Crippen LogP contribution in [0.5, 0.6) is 0 Å². The monoisotopic (exact) mass is 253 g/mol. The molecule has 2 aliphatic rings. The Morgan fingerprint density at radius 3 is 2.61 bits per heavy atom. The number of hydrogen-bond donors (Lipinski definition) is 1. The van der Waals surface area contributed by atoms with Crippen molar-refractivity contribution in [1.29, 1.82) is 0 Å². The predicted molar refractivity (Wildman–Crippen MR) is 76.7 cm³/mol. The van der Waals surface area contributed by atoms with Crippen LogP contribution in [0.3, 0.4) is 0 Å². The van der Waals surface area contributed by atoms with Crippen LogP contribution in [0.2, 0.25) is 0 Å². The highest BCUT2D eigenvalue weighted by atomic mass is 16.5. The molecule has 2 heteroatoms. The van der Waals surface area contributed by atoms with E-state index in [9.17, 15) is 0 Å². The molecule has 2 nitrogen and oxygen atoms in total. The van der Waals surface area contributed by atoms with Crippen molar-refractivity contribution in [1.82, 2.24) is 5.32 Å². The SMILES string of the molecule is CNC(CCCOC)C1CCC2CCCCC2C1. The average molecular weight is 253 g/mol. The molecule has 0 bridgehead atoms. The zero-order valence-electron chi connectivity index (χ0n) is 12.3. The molecule has 0 aromatic heterocycles. The quantitative estimate of drug-likeness (QED) is 0.730. The van der Waals surface area contributed by atoms with E-state index in [0.29, 0.717) is 0 Å². The van der Waals surface area contributed by atoms with E-state index in [1.807, 2.05) is 7.11 Å².